The zero-order valence-corrected chi connectivity index (χ0v) is 17.2. The Balaban J connectivity index is 1.69. The molecule has 148 valence electrons. The highest BCUT2D eigenvalue weighted by molar-refractivity contribution is 6.08. The molecule has 5 heteroatoms. The second-order valence-corrected chi connectivity index (χ2v) is 7.25. The van der Waals surface area contributed by atoms with Crippen LogP contribution in [0.2, 0.25) is 0 Å². The summed E-state index contributed by atoms with van der Waals surface area (Å²) in [4.78, 5) is 21.9. The number of benzene rings is 2. The summed E-state index contributed by atoms with van der Waals surface area (Å²) >= 11 is 0. The first-order chi connectivity index (χ1) is 14.5. The molecule has 0 radical (unpaired) electrons. The number of nitrogens with one attached hydrogen (secondary N) is 1. The maximum atomic E-state index is 13.0. The van der Waals surface area contributed by atoms with Crippen LogP contribution in [0.25, 0.3) is 22.2 Å². The number of nitrogens with zero attached hydrogens (tertiary/aromatic N) is 3. The number of para-hydroxylation sites is 1. The number of fused-ring (bicyclic) bond motifs is 1. The van der Waals surface area contributed by atoms with Gasteiger partial charge >= 0.3 is 0 Å². The van der Waals surface area contributed by atoms with Gasteiger partial charge in [-0.3, -0.25) is 9.78 Å². The lowest BCUT2D eigenvalue weighted by molar-refractivity contribution is 0.0956. The highest BCUT2D eigenvalue weighted by atomic mass is 16.2. The van der Waals surface area contributed by atoms with E-state index in [0.29, 0.717) is 11.3 Å². The molecule has 2 aromatic heterocycles. The maximum absolute atomic E-state index is 13.0. The Labute approximate surface area is 175 Å². The molecule has 0 aliphatic rings. The fourth-order valence-corrected chi connectivity index (χ4v) is 3.25. The normalized spacial score (nSPS) is 11.5. The highest BCUT2D eigenvalue weighted by Gasteiger charge is 2.14. The summed E-state index contributed by atoms with van der Waals surface area (Å²) < 4.78 is 0. The van der Waals surface area contributed by atoms with Crippen LogP contribution in [0, 0.1) is 13.8 Å². The number of rotatable bonds is 4. The van der Waals surface area contributed by atoms with Gasteiger partial charge in [-0.2, -0.15) is 5.10 Å². The Hall–Kier alpha value is -3.86. The third-order valence-corrected chi connectivity index (χ3v) is 5.17. The summed E-state index contributed by atoms with van der Waals surface area (Å²) in [6.07, 6.45) is 3.45. The van der Waals surface area contributed by atoms with Crippen molar-refractivity contribution in [2.24, 2.45) is 5.10 Å². The Morgan fingerprint density at radius 1 is 0.967 bits per heavy atom. The van der Waals surface area contributed by atoms with Crippen LogP contribution in [0.3, 0.4) is 0 Å². The van der Waals surface area contributed by atoms with Gasteiger partial charge in [-0.25, -0.2) is 10.4 Å². The molecule has 2 aromatic carbocycles. The predicted octanol–water partition coefficient (Wildman–Crippen LogP) is 5.07. The fraction of sp³-hybridized carbons (Fsp3) is 0.120. The van der Waals surface area contributed by atoms with Crippen LogP contribution in [0.5, 0.6) is 0 Å². The minimum Gasteiger partial charge on any atom is -0.267 e. The van der Waals surface area contributed by atoms with E-state index in [1.54, 1.807) is 18.5 Å². The predicted molar refractivity (Wildman–Crippen MR) is 121 cm³/mol. The molecule has 0 spiro atoms. The second-order valence-electron chi connectivity index (χ2n) is 7.25. The monoisotopic (exact) mass is 394 g/mol. The third-order valence-electron chi connectivity index (χ3n) is 5.17. The van der Waals surface area contributed by atoms with Crippen molar-refractivity contribution in [1.29, 1.82) is 0 Å². The van der Waals surface area contributed by atoms with E-state index < -0.39 is 0 Å². The highest BCUT2D eigenvalue weighted by Crippen LogP contribution is 2.24. The van der Waals surface area contributed by atoms with E-state index in [1.165, 1.54) is 11.1 Å². The van der Waals surface area contributed by atoms with Crippen LogP contribution < -0.4 is 5.43 Å². The van der Waals surface area contributed by atoms with Gasteiger partial charge in [0.25, 0.3) is 5.91 Å². The molecule has 4 aromatic rings. The first-order valence-corrected chi connectivity index (χ1v) is 9.75. The van der Waals surface area contributed by atoms with Crippen LogP contribution in [0.4, 0.5) is 0 Å². The zero-order chi connectivity index (χ0) is 21.1. The number of hydrogen-bond acceptors (Lipinski definition) is 4. The average Bonchev–Trinajstić information content (AvgIpc) is 2.78. The molecule has 1 N–H and O–H groups in total. The molecule has 2 heterocycles. The van der Waals surface area contributed by atoms with E-state index in [0.717, 1.165) is 27.7 Å². The van der Waals surface area contributed by atoms with Crippen LogP contribution in [-0.4, -0.2) is 21.6 Å². The Morgan fingerprint density at radius 2 is 1.80 bits per heavy atom. The lowest BCUT2D eigenvalue weighted by Crippen LogP contribution is -2.20. The average molecular weight is 394 g/mol. The molecule has 0 atom stereocenters. The molecular weight excluding hydrogens is 372 g/mol. The summed E-state index contributed by atoms with van der Waals surface area (Å²) in [5.74, 6) is -0.276. The van der Waals surface area contributed by atoms with Gasteiger partial charge < -0.3 is 0 Å². The summed E-state index contributed by atoms with van der Waals surface area (Å²) in [7, 11) is 0. The van der Waals surface area contributed by atoms with Crippen LogP contribution >= 0.6 is 0 Å². The van der Waals surface area contributed by atoms with Crippen molar-refractivity contribution < 1.29 is 4.79 Å². The molecule has 5 nitrogen and oxygen atoms in total. The first-order valence-electron chi connectivity index (χ1n) is 9.75. The molecule has 1 amide bonds. The van der Waals surface area contributed by atoms with Crippen molar-refractivity contribution in [2.75, 3.05) is 0 Å². The van der Waals surface area contributed by atoms with Crippen LogP contribution in [-0.2, 0) is 0 Å². The van der Waals surface area contributed by atoms with Gasteiger partial charge in [-0.1, -0.05) is 30.3 Å². The molecular formula is C25H22N4O. The molecule has 4 rings (SSSR count). The molecule has 0 saturated carbocycles. The van der Waals surface area contributed by atoms with Gasteiger partial charge in [-0.15, -0.1) is 0 Å². The first kappa shape index (κ1) is 19.5. The second kappa shape index (κ2) is 8.25. The van der Waals surface area contributed by atoms with E-state index in [1.807, 2.05) is 49.4 Å². The number of pyridine rings is 2. The standard InChI is InChI=1S/C25H22N4O/c1-16-10-11-19(13-17(16)2)18(3)28-29-25(30)22-14-24(20-7-6-12-26-15-20)27-23-9-5-4-8-21(22)23/h4-15H,1-3H3,(H,29,30). The lowest BCUT2D eigenvalue weighted by Gasteiger charge is -2.10. The number of hydrogen-bond donors (Lipinski definition) is 1. The summed E-state index contributed by atoms with van der Waals surface area (Å²) in [6, 6.07) is 19.3. The molecule has 0 fully saturated rings. The maximum Gasteiger partial charge on any atom is 0.272 e. The number of aromatic nitrogens is 2. The van der Waals surface area contributed by atoms with Crippen LogP contribution in [0.1, 0.15) is 34.0 Å². The lowest BCUT2D eigenvalue weighted by atomic mass is 10.0. The minimum atomic E-state index is -0.276. The SMILES string of the molecule is CC(=NNC(=O)c1cc(-c2cccnc2)nc2ccccc12)c1ccc(C)c(C)c1. The Morgan fingerprint density at radius 3 is 2.57 bits per heavy atom. The van der Waals surface area contributed by atoms with Gasteiger partial charge in [0.2, 0.25) is 0 Å². The van der Waals surface area contributed by atoms with E-state index in [9.17, 15) is 4.79 Å². The van der Waals surface area contributed by atoms with E-state index in [4.69, 9.17) is 4.98 Å². The van der Waals surface area contributed by atoms with Gasteiger partial charge in [0.15, 0.2) is 0 Å². The summed E-state index contributed by atoms with van der Waals surface area (Å²) in [6.45, 7) is 6.02. The number of aryl methyl sites for hydroxylation is 2. The topological polar surface area (TPSA) is 67.2 Å². The third kappa shape index (κ3) is 3.96. The van der Waals surface area contributed by atoms with E-state index in [-0.39, 0.29) is 5.91 Å². The summed E-state index contributed by atoms with van der Waals surface area (Å²) in [5, 5.41) is 5.11. The van der Waals surface area contributed by atoms with Gasteiger partial charge in [0.1, 0.15) is 0 Å². The van der Waals surface area contributed by atoms with Gasteiger partial charge in [0, 0.05) is 23.3 Å². The van der Waals surface area contributed by atoms with E-state index >= 15 is 0 Å². The van der Waals surface area contributed by atoms with Crippen molar-refractivity contribution in [3.05, 3.63) is 95.3 Å². The molecule has 0 aliphatic heterocycles. The van der Waals surface area contributed by atoms with E-state index in [2.05, 4.69) is 41.5 Å². The minimum absolute atomic E-state index is 0.276. The number of hydrazone groups is 1. The molecule has 0 bridgehead atoms. The Kier molecular flexibility index (Phi) is 5.35. The van der Waals surface area contributed by atoms with Crippen molar-refractivity contribution >= 4 is 22.5 Å². The van der Waals surface area contributed by atoms with Crippen LogP contribution in [0.15, 0.2) is 78.2 Å². The summed E-state index contributed by atoms with van der Waals surface area (Å²) in [5.41, 5.74) is 9.67. The smallest absolute Gasteiger partial charge is 0.267 e. The number of carbonyl (C=O) groups is 1. The Bertz CT molecular complexity index is 1260. The molecule has 0 saturated heterocycles. The largest absolute Gasteiger partial charge is 0.272 e. The van der Waals surface area contributed by atoms with Gasteiger partial charge in [0.05, 0.1) is 22.5 Å². The van der Waals surface area contributed by atoms with Crippen molar-refractivity contribution in [3.63, 3.8) is 0 Å². The molecule has 0 unspecified atom stereocenters. The van der Waals surface area contributed by atoms with Crippen molar-refractivity contribution in [1.82, 2.24) is 15.4 Å². The van der Waals surface area contributed by atoms with Crippen molar-refractivity contribution in [2.45, 2.75) is 20.8 Å². The fourth-order valence-electron chi connectivity index (χ4n) is 3.25. The molecule has 0 aliphatic carbocycles. The van der Waals surface area contributed by atoms with Gasteiger partial charge in [-0.05, 0) is 67.8 Å². The quantitative estimate of drug-likeness (QED) is 0.388. The molecule has 30 heavy (non-hydrogen) atoms. The zero-order valence-electron chi connectivity index (χ0n) is 17.2. The number of amides is 1. The number of carbonyl (C=O) groups excluding carboxylic acids is 1. The van der Waals surface area contributed by atoms with Crippen molar-refractivity contribution in [3.8, 4) is 11.3 Å².